The van der Waals surface area contributed by atoms with Gasteiger partial charge in [-0.1, -0.05) is 26.2 Å². The summed E-state index contributed by atoms with van der Waals surface area (Å²) < 4.78 is 11.4. The van der Waals surface area contributed by atoms with Crippen LogP contribution in [0.2, 0.25) is 0 Å². The Balaban J connectivity index is 1.49. The molecule has 1 heterocycles. The molecule has 0 N–H and O–H groups in total. The molecular weight excluding hydrogens is 402 g/mol. The SMILES string of the molecule is CCCCCCC(C)Oc1ccc(C(=O)Oc2ccc(N=Nc3ccncc3)cc2)cc1. The molecule has 6 nitrogen and oxygen atoms in total. The molecule has 0 saturated heterocycles. The van der Waals surface area contributed by atoms with E-state index in [4.69, 9.17) is 9.47 Å². The molecule has 0 aliphatic rings. The normalized spacial score (nSPS) is 11.9. The summed E-state index contributed by atoms with van der Waals surface area (Å²) in [5, 5.41) is 8.29. The first kappa shape index (κ1) is 23.1. The summed E-state index contributed by atoms with van der Waals surface area (Å²) in [6.45, 7) is 4.29. The number of carbonyl (C=O) groups excluding carboxylic acids is 1. The zero-order valence-corrected chi connectivity index (χ0v) is 18.6. The molecule has 0 spiro atoms. The van der Waals surface area contributed by atoms with Crippen LogP contribution in [0.3, 0.4) is 0 Å². The minimum absolute atomic E-state index is 0.152. The van der Waals surface area contributed by atoms with Crippen molar-refractivity contribution in [2.24, 2.45) is 10.2 Å². The van der Waals surface area contributed by atoms with Gasteiger partial charge in [0.1, 0.15) is 11.5 Å². The summed E-state index contributed by atoms with van der Waals surface area (Å²) >= 11 is 0. The van der Waals surface area contributed by atoms with E-state index in [0.717, 1.165) is 12.2 Å². The molecule has 1 unspecified atom stereocenters. The number of hydrogen-bond acceptors (Lipinski definition) is 6. The van der Waals surface area contributed by atoms with E-state index in [9.17, 15) is 4.79 Å². The largest absolute Gasteiger partial charge is 0.491 e. The van der Waals surface area contributed by atoms with Crippen LogP contribution in [0.1, 0.15) is 56.3 Å². The predicted octanol–water partition coefficient (Wildman–Crippen LogP) is 7.45. The number of ether oxygens (including phenoxy) is 2. The summed E-state index contributed by atoms with van der Waals surface area (Å²) in [6, 6.07) is 17.5. The predicted molar refractivity (Wildman–Crippen MR) is 125 cm³/mol. The first-order chi connectivity index (χ1) is 15.6. The number of hydrogen-bond donors (Lipinski definition) is 0. The third-order valence-corrected chi connectivity index (χ3v) is 4.88. The fourth-order valence-corrected chi connectivity index (χ4v) is 3.09. The quantitative estimate of drug-likeness (QED) is 0.137. The second-order valence-electron chi connectivity index (χ2n) is 7.59. The third kappa shape index (κ3) is 7.61. The molecule has 2 aromatic carbocycles. The molecule has 0 bridgehead atoms. The molecule has 3 rings (SSSR count). The van der Waals surface area contributed by atoms with Crippen LogP contribution in [-0.2, 0) is 0 Å². The van der Waals surface area contributed by atoms with E-state index in [-0.39, 0.29) is 6.10 Å². The number of nitrogens with zero attached hydrogens (tertiary/aromatic N) is 3. The maximum Gasteiger partial charge on any atom is 0.343 e. The van der Waals surface area contributed by atoms with Gasteiger partial charge in [0.2, 0.25) is 0 Å². The highest BCUT2D eigenvalue weighted by Crippen LogP contribution is 2.22. The number of aromatic nitrogens is 1. The molecule has 0 fully saturated rings. The summed E-state index contributed by atoms with van der Waals surface area (Å²) in [5.74, 6) is 0.780. The summed E-state index contributed by atoms with van der Waals surface area (Å²) in [4.78, 5) is 16.4. The fraction of sp³-hybridized carbons (Fsp3) is 0.308. The maximum atomic E-state index is 12.4. The standard InChI is InChI=1S/C26H29N3O3/c1-3-4-5-6-7-20(2)31-24-12-8-21(9-13-24)26(30)32-25-14-10-22(11-15-25)28-29-23-16-18-27-19-17-23/h8-20H,3-7H2,1-2H3. The molecule has 0 saturated carbocycles. The molecule has 0 aliphatic carbocycles. The summed E-state index contributed by atoms with van der Waals surface area (Å²) in [6.07, 6.45) is 9.40. The Hall–Kier alpha value is -3.54. The van der Waals surface area contributed by atoms with Crippen molar-refractivity contribution in [1.29, 1.82) is 0 Å². The van der Waals surface area contributed by atoms with Gasteiger partial charge in [-0.15, -0.1) is 0 Å². The van der Waals surface area contributed by atoms with Crippen molar-refractivity contribution in [3.63, 3.8) is 0 Å². The van der Waals surface area contributed by atoms with Gasteiger partial charge in [-0.3, -0.25) is 4.98 Å². The van der Waals surface area contributed by atoms with Gasteiger partial charge < -0.3 is 9.47 Å². The van der Waals surface area contributed by atoms with Gasteiger partial charge in [-0.05, 0) is 80.4 Å². The van der Waals surface area contributed by atoms with Gasteiger partial charge in [0.05, 0.1) is 23.0 Å². The number of carbonyl (C=O) groups is 1. The number of azo groups is 1. The van der Waals surface area contributed by atoms with Crippen LogP contribution in [0.25, 0.3) is 0 Å². The molecule has 0 aliphatic heterocycles. The Kier molecular flexibility index (Phi) is 8.92. The van der Waals surface area contributed by atoms with Gasteiger partial charge in [-0.2, -0.15) is 10.2 Å². The topological polar surface area (TPSA) is 73.1 Å². The molecule has 166 valence electrons. The fourth-order valence-electron chi connectivity index (χ4n) is 3.09. The van der Waals surface area contributed by atoms with Crippen LogP contribution < -0.4 is 9.47 Å². The lowest BCUT2D eigenvalue weighted by atomic mass is 10.1. The Morgan fingerprint density at radius 1 is 0.844 bits per heavy atom. The van der Waals surface area contributed by atoms with Crippen LogP contribution in [-0.4, -0.2) is 17.1 Å². The van der Waals surface area contributed by atoms with Gasteiger partial charge in [0.15, 0.2) is 0 Å². The van der Waals surface area contributed by atoms with Crippen molar-refractivity contribution in [3.05, 3.63) is 78.6 Å². The monoisotopic (exact) mass is 431 g/mol. The number of unbranched alkanes of at least 4 members (excludes halogenated alkanes) is 3. The van der Waals surface area contributed by atoms with Crippen molar-refractivity contribution >= 4 is 17.3 Å². The van der Waals surface area contributed by atoms with Crippen LogP contribution >= 0.6 is 0 Å². The number of pyridine rings is 1. The van der Waals surface area contributed by atoms with Crippen molar-refractivity contribution < 1.29 is 14.3 Å². The Bertz CT molecular complexity index is 987. The van der Waals surface area contributed by atoms with E-state index in [1.807, 2.05) is 12.1 Å². The van der Waals surface area contributed by atoms with E-state index in [1.54, 1.807) is 60.9 Å². The minimum atomic E-state index is -0.421. The Morgan fingerprint density at radius 2 is 1.47 bits per heavy atom. The van der Waals surface area contributed by atoms with E-state index in [0.29, 0.717) is 22.7 Å². The average Bonchev–Trinajstić information content (AvgIpc) is 2.82. The molecule has 0 radical (unpaired) electrons. The average molecular weight is 432 g/mol. The maximum absolute atomic E-state index is 12.4. The number of benzene rings is 2. The molecule has 3 aromatic rings. The van der Waals surface area contributed by atoms with Crippen LogP contribution in [0.15, 0.2) is 83.3 Å². The molecule has 1 aromatic heterocycles. The molecule has 0 amide bonds. The zero-order valence-electron chi connectivity index (χ0n) is 18.6. The molecule has 1 atom stereocenters. The second-order valence-corrected chi connectivity index (χ2v) is 7.59. The van der Waals surface area contributed by atoms with E-state index >= 15 is 0 Å². The van der Waals surface area contributed by atoms with Crippen molar-refractivity contribution in [1.82, 2.24) is 4.98 Å². The van der Waals surface area contributed by atoms with Gasteiger partial charge in [0.25, 0.3) is 0 Å². The number of esters is 1. The lowest BCUT2D eigenvalue weighted by Gasteiger charge is -2.14. The minimum Gasteiger partial charge on any atom is -0.491 e. The summed E-state index contributed by atoms with van der Waals surface area (Å²) in [7, 11) is 0. The third-order valence-electron chi connectivity index (χ3n) is 4.88. The Labute approximate surface area is 189 Å². The van der Waals surface area contributed by atoms with Crippen molar-refractivity contribution in [2.75, 3.05) is 0 Å². The van der Waals surface area contributed by atoms with Crippen LogP contribution in [0, 0.1) is 0 Å². The van der Waals surface area contributed by atoms with Crippen LogP contribution in [0.5, 0.6) is 11.5 Å². The smallest absolute Gasteiger partial charge is 0.343 e. The van der Waals surface area contributed by atoms with Crippen molar-refractivity contribution in [3.8, 4) is 11.5 Å². The highest BCUT2D eigenvalue weighted by Gasteiger charge is 2.10. The molecule has 6 heteroatoms. The van der Waals surface area contributed by atoms with Crippen LogP contribution in [0.4, 0.5) is 11.4 Å². The van der Waals surface area contributed by atoms with Gasteiger partial charge in [-0.25, -0.2) is 4.79 Å². The lowest BCUT2D eigenvalue weighted by Crippen LogP contribution is -2.12. The first-order valence-electron chi connectivity index (χ1n) is 11.0. The summed E-state index contributed by atoms with van der Waals surface area (Å²) in [5.41, 5.74) is 1.84. The Morgan fingerprint density at radius 3 is 2.12 bits per heavy atom. The van der Waals surface area contributed by atoms with E-state index < -0.39 is 5.97 Å². The molecular formula is C26H29N3O3. The van der Waals surface area contributed by atoms with E-state index in [2.05, 4.69) is 29.1 Å². The number of rotatable bonds is 11. The van der Waals surface area contributed by atoms with Gasteiger partial charge >= 0.3 is 5.97 Å². The first-order valence-corrected chi connectivity index (χ1v) is 11.0. The van der Waals surface area contributed by atoms with Gasteiger partial charge in [0, 0.05) is 12.4 Å². The highest BCUT2D eigenvalue weighted by molar-refractivity contribution is 5.91. The van der Waals surface area contributed by atoms with E-state index in [1.165, 1.54) is 25.7 Å². The second kappa shape index (κ2) is 12.3. The molecule has 32 heavy (non-hydrogen) atoms. The zero-order chi connectivity index (χ0) is 22.6. The van der Waals surface area contributed by atoms with Crippen molar-refractivity contribution in [2.45, 2.75) is 52.1 Å². The lowest BCUT2D eigenvalue weighted by molar-refractivity contribution is 0.0734. The highest BCUT2D eigenvalue weighted by atomic mass is 16.5.